The number of ether oxygens (including phenoxy) is 1. The SMILES string of the molecule is CCOC(=O)CN1CCCC(F)(F)C1. The van der Waals surface area contributed by atoms with Crippen LogP contribution in [0.5, 0.6) is 0 Å². The summed E-state index contributed by atoms with van der Waals surface area (Å²) in [6, 6.07) is 0. The van der Waals surface area contributed by atoms with Gasteiger partial charge in [0.1, 0.15) is 0 Å². The van der Waals surface area contributed by atoms with Gasteiger partial charge in [-0.2, -0.15) is 0 Å². The zero-order valence-electron chi connectivity index (χ0n) is 8.26. The third kappa shape index (κ3) is 3.57. The first kappa shape index (κ1) is 11.4. The lowest BCUT2D eigenvalue weighted by Gasteiger charge is -2.31. The molecule has 0 N–H and O–H groups in total. The highest BCUT2D eigenvalue weighted by Crippen LogP contribution is 2.26. The van der Waals surface area contributed by atoms with Crippen molar-refractivity contribution < 1.29 is 18.3 Å². The Labute approximate surface area is 82.0 Å². The molecule has 0 saturated carbocycles. The molecule has 0 spiro atoms. The third-order valence-corrected chi connectivity index (χ3v) is 2.13. The summed E-state index contributed by atoms with van der Waals surface area (Å²) in [4.78, 5) is 12.5. The van der Waals surface area contributed by atoms with Crippen molar-refractivity contribution in [3.05, 3.63) is 0 Å². The van der Waals surface area contributed by atoms with E-state index in [1.54, 1.807) is 6.92 Å². The summed E-state index contributed by atoms with van der Waals surface area (Å²) in [6.45, 7) is 2.19. The monoisotopic (exact) mass is 207 g/mol. The van der Waals surface area contributed by atoms with Crippen molar-refractivity contribution in [2.24, 2.45) is 0 Å². The van der Waals surface area contributed by atoms with Gasteiger partial charge >= 0.3 is 5.97 Å². The number of nitrogens with zero attached hydrogens (tertiary/aromatic N) is 1. The van der Waals surface area contributed by atoms with Crippen LogP contribution >= 0.6 is 0 Å². The molecule has 0 bridgehead atoms. The lowest BCUT2D eigenvalue weighted by atomic mass is 10.1. The molecule has 0 amide bonds. The van der Waals surface area contributed by atoms with Gasteiger partial charge in [-0.1, -0.05) is 0 Å². The van der Waals surface area contributed by atoms with Crippen molar-refractivity contribution >= 4 is 5.97 Å². The van der Waals surface area contributed by atoms with Crippen LogP contribution in [0.3, 0.4) is 0 Å². The van der Waals surface area contributed by atoms with Crippen molar-refractivity contribution in [3.8, 4) is 0 Å². The molecule has 1 saturated heterocycles. The third-order valence-electron chi connectivity index (χ3n) is 2.13. The summed E-state index contributed by atoms with van der Waals surface area (Å²) in [7, 11) is 0. The normalized spacial score (nSPS) is 21.9. The fraction of sp³-hybridized carbons (Fsp3) is 0.889. The van der Waals surface area contributed by atoms with Gasteiger partial charge in [-0.3, -0.25) is 9.69 Å². The summed E-state index contributed by atoms with van der Waals surface area (Å²) in [5.41, 5.74) is 0. The molecule has 0 aromatic carbocycles. The smallest absolute Gasteiger partial charge is 0.320 e. The van der Waals surface area contributed by atoms with Crippen molar-refractivity contribution in [2.75, 3.05) is 26.2 Å². The van der Waals surface area contributed by atoms with E-state index in [2.05, 4.69) is 4.74 Å². The summed E-state index contributed by atoms with van der Waals surface area (Å²) in [5.74, 6) is -3.07. The Hall–Kier alpha value is -0.710. The van der Waals surface area contributed by atoms with Gasteiger partial charge in [0.25, 0.3) is 5.92 Å². The van der Waals surface area contributed by atoms with Gasteiger partial charge in [0, 0.05) is 6.42 Å². The van der Waals surface area contributed by atoms with E-state index < -0.39 is 11.9 Å². The van der Waals surface area contributed by atoms with Gasteiger partial charge < -0.3 is 4.74 Å². The molecule has 1 fully saturated rings. The minimum absolute atomic E-state index is 0.0244. The van der Waals surface area contributed by atoms with Crippen molar-refractivity contribution in [1.82, 2.24) is 4.90 Å². The Morgan fingerprint density at radius 2 is 2.29 bits per heavy atom. The molecule has 5 heteroatoms. The van der Waals surface area contributed by atoms with Gasteiger partial charge in [0.05, 0.1) is 19.7 Å². The van der Waals surface area contributed by atoms with Gasteiger partial charge in [-0.15, -0.1) is 0 Å². The molecular formula is C9H15F2NO2. The van der Waals surface area contributed by atoms with Crippen LogP contribution in [0.15, 0.2) is 0 Å². The van der Waals surface area contributed by atoms with Gasteiger partial charge in [-0.05, 0) is 19.9 Å². The van der Waals surface area contributed by atoms with E-state index in [4.69, 9.17) is 0 Å². The molecule has 0 aliphatic carbocycles. The van der Waals surface area contributed by atoms with Crippen LogP contribution in [0.1, 0.15) is 19.8 Å². The minimum Gasteiger partial charge on any atom is -0.465 e. The molecule has 82 valence electrons. The number of carbonyl (C=O) groups is 1. The molecule has 3 nitrogen and oxygen atoms in total. The van der Waals surface area contributed by atoms with E-state index in [9.17, 15) is 13.6 Å². The van der Waals surface area contributed by atoms with Gasteiger partial charge in [0.15, 0.2) is 0 Å². The maximum absolute atomic E-state index is 12.9. The Kier molecular flexibility index (Phi) is 3.80. The van der Waals surface area contributed by atoms with Crippen LogP contribution in [-0.4, -0.2) is 43.0 Å². The largest absolute Gasteiger partial charge is 0.465 e. The molecule has 14 heavy (non-hydrogen) atoms. The number of alkyl halides is 2. The van der Waals surface area contributed by atoms with E-state index in [1.807, 2.05) is 0 Å². The average Bonchev–Trinajstić information content (AvgIpc) is 2.02. The molecule has 0 aromatic heterocycles. The molecule has 1 heterocycles. The van der Waals surface area contributed by atoms with Crippen LogP contribution in [0.2, 0.25) is 0 Å². The second-order valence-electron chi connectivity index (χ2n) is 3.48. The molecule has 0 unspecified atom stereocenters. The van der Waals surface area contributed by atoms with Crippen LogP contribution in [-0.2, 0) is 9.53 Å². The van der Waals surface area contributed by atoms with Crippen LogP contribution < -0.4 is 0 Å². The fourth-order valence-corrected chi connectivity index (χ4v) is 1.57. The average molecular weight is 207 g/mol. The van der Waals surface area contributed by atoms with Gasteiger partial charge in [-0.25, -0.2) is 8.78 Å². The Bertz CT molecular complexity index is 209. The summed E-state index contributed by atoms with van der Waals surface area (Å²) >= 11 is 0. The summed E-state index contributed by atoms with van der Waals surface area (Å²) < 4.78 is 30.5. The molecule has 1 aliphatic heterocycles. The maximum Gasteiger partial charge on any atom is 0.320 e. The molecule has 1 aliphatic rings. The summed E-state index contributed by atoms with van der Waals surface area (Å²) in [6.07, 6.45) is 0.360. The Morgan fingerprint density at radius 3 is 2.86 bits per heavy atom. The number of piperidine rings is 1. The van der Waals surface area contributed by atoms with Gasteiger partial charge in [0.2, 0.25) is 0 Å². The maximum atomic E-state index is 12.9. The number of hydrogen-bond donors (Lipinski definition) is 0. The lowest BCUT2D eigenvalue weighted by molar-refractivity contribution is -0.146. The number of likely N-dealkylation sites (tertiary alicyclic amines) is 1. The number of esters is 1. The highest BCUT2D eigenvalue weighted by molar-refractivity contribution is 5.71. The number of halogens is 2. The number of hydrogen-bond acceptors (Lipinski definition) is 3. The topological polar surface area (TPSA) is 29.5 Å². The first-order chi connectivity index (χ1) is 6.53. The minimum atomic E-state index is -2.65. The second-order valence-corrected chi connectivity index (χ2v) is 3.48. The van der Waals surface area contributed by atoms with E-state index in [1.165, 1.54) is 4.90 Å². The van der Waals surface area contributed by atoms with Crippen LogP contribution in [0, 0.1) is 0 Å². The fourth-order valence-electron chi connectivity index (χ4n) is 1.57. The second kappa shape index (κ2) is 4.68. The Balaban J connectivity index is 2.34. The molecule has 0 radical (unpaired) electrons. The van der Waals surface area contributed by atoms with E-state index in [0.717, 1.165) is 0 Å². The predicted octanol–water partition coefficient (Wildman–Crippen LogP) is 1.28. The first-order valence-electron chi connectivity index (χ1n) is 4.79. The van der Waals surface area contributed by atoms with Crippen molar-refractivity contribution in [3.63, 3.8) is 0 Å². The standard InChI is InChI=1S/C9H15F2NO2/c1-2-14-8(13)6-12-5-3-4-9(10,11)7-12/h2-7H2,1H3. The first-order valence-corrected chi connectivity index (χ1v) is 4.79. The highest BCUT2D eigenvalue weighted by atomic mass is 19.3. The van der Waals surface area contributed by atoms with Crippen molar-refractivity contribution in [1.29, 1.82) is 0 Å². The quantitative estimate of drug-likeness (QED) is 0.653. The van der Waals surface area contributed by atoms with E-state index >= 15 is 0 Å². The lowest BCUT2D eigenvalue weighted by Crippen LogP contribution is -2.45. The molecule has 0 atom stereocenters. The zero-order chi connectivity index (χ0) is 10.6. The number of carbonyl (C=O) groups excluding carboxylic acids is 1. The van der Waals surface area contributed by atoms with Crippen LogP contribution in [0.25, 0.3) is 0 Å². The number of rotatable bonds is 3. The van der Waals surface area contributed by atoms with E-state index in [-0.39, 0.29) is 19.5 Å². The predicted molar refractivity (Wildman–Crippen MR) is 47.3 cm³/mol. The molecule has 1 rings (SSSR count). The Morgan fingerprint density at radius 1 is 1.57 bits per heavy atom. The van der Waals surface area contributed by atoms with E-state index in [0.29, 0.717) is 19.6 Å². The highest BCUT2D eigenvalue weighted by Gasteiger charge is 2.35. The summed E-state index contributed by atoms with van der Waals surface area (Å²) in [5, 5.41) is 0. The molecule has 0 aromatic rings. The molecular weight excluding hydrogens is 192 g/mol. The van der Waals surface area contributed by atoms with Crippen LogP contribution in [0.4, 0.5) is 8.78 Å². The van der Waals surface area contributed by atoms with Crippen molar-refractivity contribution in [2.45, 2.75) is 25.7 Å². The zero-order valence-corrected chi connectivity index (χ0v) is 8.26.